The summed E-state index contributed by atoms with van der Waals surface area (Å²) in [6.07, 6.45) is 0. The standard InChI is InChI=1S/C19H18N2O3S/c1-3-23-16-10-8-15(9-11-16)18-20-21-19(24-18)25-12-17(22)14-6-4-13(2)5-7-14/h4-11H,3,12H2,1-2H3. The number of carbonyl (C=O) groups excluding carboxylic acids is 1. The topological polar surface area (TPSA) is 65.2 Å². The predicted octanol–water partition coefficient (Wildman–Crippen LogP) is 4.42. The van der Waals surface area contributed by atoms with Crippen molar-refractivity contribution in [2.24, 2.45) is 0 Å². The summed E-state index contributed by atoms with van der Waals surface area (Å²) < 4.78 is 11.0. The number of rotatable bonds is 7. The molecule has 5 nitrogen and oxygen atoms in total. The van der Waals surface area contributed by atoms with E-state index in [1.165, 1.54) is 11.8 Å². The van der Waals surface area contributed by atoms with E-state index < -0.39 is 0 Å². The summed E-state index contributed by atoms with van der Waals surface area (Å²) in [6.45, 7) is 4.55. The Balaban J connectivity index is 1.61. The fourth-order valence-electron chi connectivity index (χ4n) is 2.20. The van der Waals surface area contributed by atoms with Crippen molar-refractivity contribution in [2.75, 3.05) is 12.4 Å². The number of aromatic nitrogens is 2. The first-order chi connectivity index (χ1) is 12.2. The van der Waals surface area contributed by atoms with Crippen LogP contribution in [-0.4, -0.2) is 28.3 Å². The molecule has 3 rings (SSSR count). The van der Waals surface area contributed by atoms with E-state index in [2.05, 4.69) is 10.2 Å². The van der Waals surface area contributed by atoms with Crippen molar-refractivity contribution in [3.05, 3.63) is 59.7 Å². The van der Waals surface area contributed by atoms with Gasteiger partial charge in [0.15, 0.2) is 5.78 Å². The zero-order valence-corrected chi connectivity index (χ0v) is 14.9. The predicted molar refractivity (Wildman–Crippen MR) is 97.1 cm³/mol. The Labute approximate surface area is 150 Å². The molecule has 0 atom stereocenters. The first kappa shape index (κ1) is 17.2. The van der Waals surface area contributed by atoms with E-state index in [0.29, 0.717) is 23.3 Å². The Hall–Kier alpha value is -2.60. The molecule has 3 aromatic rings. The Morgan fingerprint density at radius 2 is 1.80 bits per heavy atom. The lowest BCUT2D eigenvalue weighted by atomic mass is 10.1. The molecule has 0 aliphatic heterocycles. The summed E-state index contributed by atoms with van der Waals surface area (Å²) in [5.74, 6) is 1.51. The third-order valence-electron chi connectivity index (χ3n) is 3.52. The second-order valence-corrected chi connectivity index (χ2v) is 6.33. The third kappa shape index (κ3) is 4.48. The summed E-state index contributed by atoms with van der Waals surface area (Å²) in [4.78, 5) is 12.2. The summed E-state index contributed by atoms with van der Waals surface area (Å²) in [5, 5.41) is 8.41. The molecule has 0 N–H and O–H groups in total. The van der Waals surface area contributed by atoms with Crippen molar-refractivity contribution < 1.29 is 13.9 Å². The van der Waals surface area contributed by atoms with Crippen molar-refractivity contribution in [3.63, 3.8) is 0 Å². The van der Waals surface area contributed by atoms with E-state index in [-0.39, 0.29) is 11.5 Å². The van der Waals surface area contributed by atoms with E-state index in [1.54, 1.807) is 0 Å². The number of nitrogens with zero attached hydrogens (tertiary/aromatic N) is 2. The van der Waals surface area contributed by atoms with Crippen LogP contribution in [0.25, 0.3) is 11.5 Å². The van der Waals surface area contributed by atoms with Gasteiger partial charge in [0.05, 0.1) is 12.4 Å². The average molecular weight is 354 g/mol. The van der Waals surface area contributed by atoms with Crippen LogP contribution in [0.2, 0.25) is 0 Å². The lowest BCUT2D eigenvalue weighted by molar-refractivity contribution is 0.102. The highest BCUT2D eigenvalue weighted by molar-refractivity contribution is 7.99. The third-order valence-corrected chi connectivity index (χ3v) is 4.34. The molecular weight excluding hydrogens is 336 g/mol. The van der Waals surface area contributed by atoms with Crippen molar-refractivity contribution >= 4 is 17.5 Å². The van der Waals surface area contributed by atoms with E-state index >= 15 is 0 Å². The van der Waals surface area contributed by atoms with Gasteiger partial charge in [-0.05, 0) is 38.1 Å². The van der Waals surface area contributed by atoms with Crippen LogP contribution in [0.3, 0.4) is 0 Å². The van der Waals surface area contributed by atoms with E-state index in [9.17, 15) is 4.79 Å². The minimum atomic E-state index is 0.0332. The van der Waals surface area contributed by atoms with E-state index in [4.69, 9.17) is 9.15 Å². The van der Waals surface area contributed by atoms with Crippen LogP contribution in [0.4, 0.5) is 0 Å². The lowest BCUT2D eigenvalue weighted by Gasteiger charge is -2.02. The maximum atomic E-state index is 12.2. The maximum absolute atomic E-state index is 12.2. The lowest BCUT2D eigenvalue weighted by Crippen LogP contribution is -2.02. The molecule has 1 heterocycles. The molecule has 25 heavy (non-hydrogen) atoms. The van der Waals surface area contributed by atoms with Crippen LogP contribution in [-0.2, 0) is 0 Å². The highest BCUT2D eigenvalue weighted by Gasteiger charge is 2.12. The van der Waals surface area contributed by atoms with Crippen molar-refractivity contribution in [1.29, 1.82) is 0 Å². The molecule has 6 heteroatoms. The Morgan fingerprint density at radius 3 is 2.48 bits per heavy atom. The van der Waals surface area contributed by atoms with Crippen LogP contribution in [0.5, 0.6) is 5.75 Å². The maximum Gasteiger partial charge on any atom is 0.277 e. The number of ketones is 1. The Morgan fingerprint density at radius 1 is 1.08 bits per heavy atom. The van der Waals surface area contributed by atoms with Gasteiger partial charge in [-0.1, -0.05) is 41.6 Å². The molecule has 128 valence electrons. The summed E-state index contributed by atoms with van der Waals surface area (Å²) >= 11 is 1.24. The van der Waals surface area contributed by atoms with Gasteiger partial charge in [-0.2, -0.15) is 0 Å². The van der Waals surface area contributed by atoms with Crippen LogP contribution in [0.1, 0.15) is 22.8 Å². The Bertz CT molecular complexity index is 842. The fourth-order valence-corrected chi connectivity index (χ4v) is 2.85. The summed E-state index contributed by atoms with van der Waals surface area (Å²) in [5.41, 5.74) is 2.62. The average Bonchev–Trinajstić information content (AvgIpc) is 3.10. The molecule has 0 fully saturated rings. The number of Topliss-reactive ketones (excluding diaryl/α,β-unsaturated/α-hetero) is 1. The zero-order valence-electron chi connectivity index (χ0n) is 14.1. The van der Waals surface area contributed by atoms with Gasteiger partial charge in [-0.15, -0.1) is 10.2 Å². The first-order valence-electron chi connectivity index (χ1n) is 7.95. The van der Waals surface area contributed by atoms with Gasteiger partial charge in [0.1, 0.15) is 5.75 Å². The van der Waals surface area contributed by atoms with E-state index in [0.717, 1.165) is 16.9 Å². The number of ether oxygens (including phenoxy) is 1. The molecular formula is C19H18N2O3S. The molecule has 0 amide bonds. The van der Waals surface area contributed by atoms with E-state index in [1.807, 2.05) is 62.4 Å². The van der Waals surface area contributed by atoms with Crippen LogP contribution in [0, 0.1) is 6.92 Å². The van der Waals surface area contributed by atoms with Crippen molar-refractivity contribution in [1.82, 2.24) is 10.2 Å². The van der Waals surface area contributed by atoms with Gasteiger partial charge < -0.3 is 9.15 Å². The molecule has 0 radical (unpaired) electrons. The molecule has 0 aliphatic rings. The highest BCUT2D eigenvalue weighted by Crippen LogP contribution is 2.25. The molecule has 0 aliphatic carbocycles. The molecule has 0 saturated heterocycles. The largest absolute Gasteiger partial charge is 0.494 e. The summed E-state index contributed by atoms with van der Waals surface area (Å²) in [6, 6.07) is 15.0. The second-order valence-electron chi connectivity index (χ2n) is 5.41. The molecule has 0 bridgehead atoms. The van der Waals surface area contributed by atoms with Gasteiger partial charge in [0, 0.05) is 11.1 Å². The van der Waals surface area contributed by atoms with Crippen molar-refractivity contribution in [3.8, 4) is 17.2 Å². The molecule has 0 unspecified atom stereocenters. The second kappa shape index (κ2) is 7.98. The minimum Gasteiger partial charge on any atom is -0.494 e. The highest BCUT2D eigenvalue weighted by atomic mass is 32.2. The molecule has 0 saturated carbocycles. The number of hydrogen-bond donors (Lipinski definition) is 0. The fraction of sp³-hybridized carbons (Fsp3) is 0.211. The first-order valence-corrected chi connectivity index (χ1v) is 8.93. The normalized spacial score (nSPS) is 10.6. The monoisotopic (exact) mass is 354 g/mol. The van der Waals surface area contributed by atoms with Gasteiger partial charge in [0.2, 0.25) is 5.89 Å². The molecule has 0 spiro atoms. The smallest absolute Gasteiger partial charge is 0.277 e. The zero-order chi connectivity index (χ0) is 17.6. The quantitative estimate of drug-likeness (QED) is 0.462. The number of thioether (sulfide) groups is 1. The van der Waals surface area contributed by atoms with Gasteiger partial charge in [-0.3, -0.25) is 4.79 Å². The number of benzene rings is 2. The van der Waals surface area contributed by atoms with Crippen LogP contribution >= 0.6 is 11.8 Å². The minimum absolute atomic E-state index is 0.0332. The van der Waals surface area contributed by atoms with Crippen LogP contribution in [0.15, 0.2) is 58.2 Å². The molecule has 2 aromatic carbocycles. The van der Waals surface area contributed by atoms with Crippen molar-refractivity contribution in [2.45, 2.75) is 19.1 Å². The van der Waals surface area contributed by atoms with Gasteiger partial charge in [0.25, 0.3) is 5.22 Å². The van der Waals surface area contributed by atoms with Crippen LogP contribution < -0.4 is 4.74 Å². The number of hydrogen-bond acceptors (Lipinski definition) is 6. The van der Waals surface area contributed by atoms with Gasteiger partial charge in [-0.25, -0.2) is 0 Å². The number of aryl methyl sites for hydroxylation is 1. The Kier molecular flexibility index (Phi) is 5.50. The molecule has 1 aromatic heterocycles. The number of carbonyl (C=O) groups is 1. The summed E-state index contributed by atoms with van der Waals surface area (Å²) in [7, 11) is 0. The van der Waals surface area contributed by atoms with Gasteiger partial charge >= 0.3 is 0 Å². The SMILES string of the molecule is CCOc1ccc(-c2nnc(SCC(=O)c3ccc(C)cc3)o2)cc1.